The maximum atomic E-state index is 12.9. The van der Waals surface area contributed by atoms with Crippen LogP contribution in [0.2, 0.25) is 0 Å². The molecule has 2 N–H and O–H groups in total. The van der Waals surface area contributed by atoms with Gasteiger partial charge in [-0.05, 0) is 50.3 Å². The predicted molar refractivity (Wildman–Crippen MR) is 108 cm³/mol. The minimum atomic E-state index is -3.55. The Balaban J connectivity index is 0.00000261. The Morgan fingerprint density at radius 2 is 1.93 bits per heavy atom. The number of nitrogens with zero attached hydrogens (tertiary/aromatic N) is 2. The van der Waals surface area contributed by atoms with E-state index in [0.717, 1.165) is 18.4 Å². The van der Waals surface area contributed by atoms with Gasteiger partial charge in [-0.25, -0.2) is 8.42 Å². The summed E-state index contributed by atoms with van der Waals surface area (Å²) in [5.74, 6) is -0.185. The van der Waals surface area contributed by atoms with E-state index in [1.807, 2.05) is 11.8 Å². The first-order valence-electron chi connectivity index (χ1n) is 9.31. The van der Waals surface area contributed by atoms with Gasteiger partial charge in [0.2, 0.25) is 15.9 Å². The molecule has 1 aromatic rings. The molecule has 0 aromatic heterocycles. The number of halogens is 1. The molecule has 27 heavy (non-hydrogen) atoms. The van der Waals surface area contributed by atoms with Crippen molar-refractivity contribution in [1.82, 2.24) is 9.21 Å². The SMILES string of the molecule is Cc1ccc(S(=O)(=O)N2CCCC(C(=O)N3CCC(C)(CN)C3)C2)cc1.Cl. The fourth-order valence-corrected chi connectivity index (χ4v) is 5.38. The molecule has 2 fully saturated rings. The first-order valence-corrected chi connectivity index (χ1v) is 10.7. The summed E-state index contributed by atoms with van der Waals surface area (Å²) >= 11 is 0. The fourth-order valence-electron chi connectivity index (χ4n) is 3.86. The van der Waals surface area contributed by atoms with Gasteiger partial charge >= 0.3 is 0 Å². The number of piperidine rings is 1. The molecule has 8 heteroatoms. The second-order valence-corrected chi connectivity index (χ2v) is 9.98. The molecular formula is C19H30ClN3O3S. The molecule has 2 heterocycles. The zero-order chi connectivity index (χ0) is 18.9. The number of amides is 1. The largest absolute Gasteiger partial charge is 0.342 e. The lowest BCUT2D eigenvalue weighted by atomic mass is 9.90. The highest BCUT2D eigenvalue weighted by molar-refractivity contribution is 7.89. The van der Waals surface area contributed by atoms with E-state index in [1.54, 1.807) is 24.3 Å². The molecule has 0 aliphatic carbocycles. The first kappa shape index (κ1) is 22.1. The van der Waals surface area contributed by atoms with Gasteiger partial charge in [0.25, 0.3) is 0 Å². The van der Waals surface area contributed by atoms with Crippen LogP contribution in [0.15, 0.2) is 29.2 Å². The van der Waals surface area contributed by atoms with Crippen LogP contribution in [-0.2, 0) is 14.8 Å². The quantitative estimate of drug-likeness (QED) is 0.815. The Kier molecular flexibility index (Phi) is 6.95. The topological polar surface area (TPSA) is 83.7 Å². The van der Waals surface area contributed by atoms with Gasteiger partial charge in [-0.1, -0.05) is 24.6 Å². The lowest BCUT2D eigenvalue weighted by molar-refractivity contribution is -0.136. The Labute approximate surface area is 168 Å². The van der Waals surface area contributed by atoms with E-state index in [1.165, 1.54) is 4.31 Å². The monoisotopic (exact) mass is 415 g/mol. The van der Waals surface area contributed by atoms with Gasteiger partial charge in [0, 0.05) is 26.2 Å². The van der Waals surface area contributed by atoms with Crippen LogP contribution >= 0.6 is 12.4 Å². The number of likely N-dealkylation sites (tertiary alicyclic amines) is 1. The third-order valence-electron chi connectivity index (χ3n) is 5.75. The summed E-state index contributed by atoms with van der Waals surface area (Å²) in [7, 11) is -3.55. The smallest absolute Gasteiger partial charge is 0.243 e. The second-order valence-electron chi connectivity index (χ2n) is 8.04. The number of carbonyl (C=O) groups is 1. The van der Waals surface area contributed by atoms with E-state index in [-0.39, 0.29) is 36.2 Å². The van der Waals surface area contributed by atoms with Crippen molar-refractivity contribution in [1.29, 1.82) is 0 Å². The lowest BCUT2D eigenvalue weighted by Crippen LogP contribution is -2.46. The maximum absolute atomic E-state index is 12.9. The van der Waals surface area contributed by atoms with Gasteiger partial charge in [0.05, 0.1) is 10.8 Å². The van der Waals surface area contributed by atoms with Crippen molar-refractivity contribution in [3.05, 3.63) is 29.8 Å². The summed E-state index contributed by atoms with van der Waals surface area (Å²) in [5, 5.41) is 0. The standard InChI is InChI=1S/C19H29N3O3S.ClH/c1-15-5-7-17(8-6-15)26(24,25)22-10-3-4-16(12-22)18(23)21-11-9-19(2,13-20)14-21;/h5-8,16H,3-4,9-14,20H2,1-2H3;1H. The molecule has 2 aliphatic rings. The van der Waals surface area contributed by atoms with E-state index < -0.39 is 10.0 Å². The molecule has 2 unspecified atom stereocenters. The number of nitrogens with two attached hydrogens (primary N) is 1. The summed E-state index contributed by atoms with van der Waals surface area (Å²) < 4.78 is 27.3. The van der Waals surface area contributed by atoms with Crippen molar-refractivity contribution >= 4 is 28.3 Å². The molecule has 3 rings (SSSR count). The highest BCUT2D eigenvalue weighted by Crippen LogP contribution is 2.31. The van der Waals surface area contributed by atoms with Crippen LogP contribution in [0.25, 0.3) is 0 Å². The Morgan fingerprint density at radius 1 is 1.26 bits per heavy atom. The number of rotatable bonds is 4. The second kappa shape index (κ2) is 8.47. The van der Waals surface area contributed by atoms with Crippen molar-refractivity contribution in [2.75, 3.05) is 32.7 Å². The molecule has 2 saturated heterocycles. The third kappa shape index (κ3) is 4.65. The average molecular weight is 416 g/mol. The van der Waals surface area contributed by atoms with Crippen molar-refractivity contribution in [3.8, 4) is 0 Å². The molecule has 6 nitrogen and oxygen atoms in total. The third-order valence-corrected chi connectivity index (χ3v) is 7.63. The van der Waals surface area contributed by atoms with Gasteiger partial charge in [0.15, 0.2) is 0 Å². The van der Waals surface area contributed by atoms with Gasteiger partial charge in [-0.15, -0.1) is 12.4 Å². The molecule has 0 radical (unpaired) electrons. The van der Waals surface area contributed by atoms with Gasteiger partial charge in [-0.3, -0.25) is 4.79 Å². The molecule has 1 amide bonds. The minimum Gasteiger partial charge on any atom is -0.342 e. The van der Waals surface area contributed by atoms with E-state index in [2.05, 4.69) is 6.92 Å². The van der Waals surface area contributed by atoms with Crippen LogP contribution < -0.4 is 5.73 Å². The number of benzene rings is 1. The summed E-state index contributed by atoms with van der Waals surface area (Å²) in [5.41, 5.74) is 6.84. The molecule has 2 atom stereocenters. The first-order chi connectivity index (χ1) is 12.2. The van der Waals surface area contributed by atoms with Crippen molar-refractivity contribution < 1.29 is 13.2 Å². The van der Waals surface area contributed by atoms with Crippen molar-refractivity contribution in [2.45, 2.75) is 38.0 Å². The number of aryl methyl sites for hydroxylation is 1. The molecule has 2 aliphatic heterocycles. The van der Waals surface area contributed by atoms with Gasteiger partial charge in [-0.2, -0.15) is 4.31 Å². The summed E-state index contributed by atoms with van der Waals surface area (Å²) in [6.45, 7) is 6.73. The van der Waals surface area contributed by atoms with Crippen LogP contribution in [0.4, 0.5) is 0 Å². The molecule has 0 saturated carbocycles. The molecule has 152 valence electrons. The van der Waals surface area contributed by atoms with E-state index in [9.17, 15) is 13.2 Å². The summed E-state index contributed by atoms with van der Waals surface area (Å²) in [6, 6.07) is 6.89. The minimum absolute atomic E-state index is 0. The molecule has 1 aromatic carbocycles. The fraction of sp³-hybridized carbons (Fsp3) is 0.632. The Hall–Kier alpha value is -1.15. The highest BCUT2D eigenvalue weighted by atomic mass is 35.5. The van der Waals surface area contributed by atoms with Crippen LogP contribution in [0, 0.1) is 18.3 Å². The van der Waals surface area contributed by atoms with E-state index in [0.29, 0.717) is 37.5 Å². The van der Waals surface area contributed by atoms with Gasteiger partial charge in [0.1, 0.15) is 0 Å². The Bertz CT molecular complexity index is 769. The molecule has 0 bridgehead atoms. The molecular weight excluding hydrogens is 386 g/mol. The highest BCUT2D eigenvalue weighted by Gasteiger charge is 2.40. The van der Waals surface area contributed by atoms with Crippen LogP contribution in [0.5, 0.6) is 0 Å². The van der Waals surface area contributed by atoms with E-state index >= 15 is 0 Å². The number of sulfonamides is 1. The molecule has 0 spiro atoms. The normalized spacial score (nSPS) is 26.6. The number of hydrogen-bond acceptors (Lipinski definition) is 4. The van der Waals surface area contributed by atoms with Crippen LogP contribution in [-0.4, -0.2) is 56.3 Å². The average Bonchev–Trinajstić information content (AvgIpc) is 3.04. The Morgan fingerprint density at radius 3 is 2.52 bits per heavy atom. The van der Waals surface area contributed by atoms with E-state index in [4.69, 9.17) is 5.73 Å². The lowest BCUT2D eigenvalue weighted by Gasteiger charge is -2.33. The summed E-state index contributed by atoms with van der Waals surface area (Å²) in [4.78, 5) is 15.1. The zero-order valence-electron chi connectivity index (χ0n) is 16.1. The van der Waals surface area contributed by atoms with Crippen molar-refractivity contribution in [2.24, 2.45) is 17.1 Å². The van der Waals surface area contributed by atoms with Gasteiger partial charge < -0.3 is 10.6 Å². The number of hydrogen-bond donors (Lipinski definition) is 1. The predicted octanol–water partition coefficient (Wildman–Crippen LogP) is 2.01. The maximum Gasteiger partial charge on any atom is 0.243 e. The van der Waals surface area contributed by atoms with Crippen molar-refractivity contribution in [3.63, 3.8) is 0 Å². The summed E-state index contributed by atoms with van der Waals surface area (Å²) in [6.07, 6.45) is 2.37. The zero-order valence-corrected chi connectivity index (χ0v) is 17.7. The number of carbonyl (C=O) groups excluding carboxylic acids is 1. The van der Waals surface area contributed by atoms with Crippen LogP contribution in [0.3, 0.4) is 0 Å². The van der Waals surface area contributed by atoms with Crippen LogP contribution in [0.1, 0.15) is 31.7 Å².